The summed E-state index contributed by atoms with van der Waals surface area (Å²) in [5, 5.41) is 3.87. The second kappa shape index (κ2) is 11.7. The molecule has 0 saturated carbocycles. The van der Waals surface area contributed by atoms with Crippen molar-refractivity contribution in [1.29, 1.82) is 0 Å². The molecular weight excluding hydrogens is 631 g/mol. The maximum atomic E-state index is 13.4. The van der Waals surface area contributed by atoms with Crippen LogP contribution in [0.25, 0.3) is 10.9 Å². The monoisotopic (exact) mass is 653 g/mol. The van der Waals surface area contributed by atoms with Crippen molar-refractivity contribution in [2.45, 2.75) is 6.42 Å². The average molecular weight is 654 g/mol. The average Bonchev–Trinajstić information content (AvgIpc) is 2.71. The van der Waals surface area contributed by atoms with Gasteiger partial charge in [0, 0.05) is 17.1 Å². The van der Waals surface area contributed by atoms with Gasteiger partial charge in [0.25, 0.3) is 0 Å². The van der Waals surface area contributed by atoms with E-state index in [1.807, 2.05) is 0 Å². The maximum Gasteiger partial charge on any atom is 2.00 e. The Hall–Kier alpha value is -1.59. The minimum absolute atomic E-state index is 0. The van der Waals surface area contributed by atoms with Crippen LogP contribution in [0.1, 0.15) is 6.42 Å². The van der Waals surface area contributed by atoms with Gasteiger partial charge in [-0.25, -0.2) is 14.4 Å². The fraction of sp³-hybridized carbons (Fsp3) is 0.238. The number of fused-ring (bicyclic) bond motifs is 1. The fourth-order valence-electron chi connectivity index (χ4n) is 2.84. The minimum atomic E-state index is -0.482. The van der Waals surface area contributed by atoms with Crippen LogP contribution >= 0.6 is 11.6 Å². The molecule has 1 heterocycles. The standard InChI is InChI=1S/C21H23ClFN5O.U/c1-3-28(4-2)8-5-9-29-20-12-19-15(11-18(20)24)21(26-13-25-19)27-14-6-7-17(23)16(22)10-14;/h6-7,10-13H,1-5,8-9,24H2,(H,25,26,27);/q-2;+2. The summed E-state index contributed by atoms with van der Waals surface area (Å²) in [4.78, 5) is 10.7. The molecule has 0 amide bonds. The molecule has 0 unspecified atom stereocenters. The summed E-state index contributed by atoms with van der Waals surface area (Å²) >= 11 is 5.85. The summed E-state index contributed by atoms with van der Waals surface area (Å²) in [6.45, 7) is 10.6. The molecule has 0 saturated heterocycles. The summed E-state index contributed by atoms with van der Waals surface area (Å²) in [6, 6.07) is 7.91. The van der Waals surface area contributed by atoms with E-state index in [9.17, 15) is 4.39 Å². The first kappa shape index (κ1) is 24.7. The van der Waals surface area contributed by atoms with E-state index in [0.717, 1.165) is 18.4 Å². The van der Waals surface area contributed by atoms with Crippen LogP contribution < -0.4 is 15.8 Å². The summed E-state index contributed by atoms with van der Waals surface area (Å²) in [7, 11) is 0. The number of aromatic nitrogens is 2. The number of nitrogens with two attached hydrogens (primary N) is 1. The molecule has 3 N–H and O–H groups in total. The quantitative estimate of drug-likeness (QED) is 0.202. The van der Waals surface area contributed by atoms with Crippen LogP contribution in [0.4, 0.5) is 21.6 Å². The molecule has 156 valence electrons. The summed E-state index contributed by atoms with van der Waals surface area (Å²) in [5.74, 6) is 0.629. The normalized spacial score (nSPS) is 10.8. The predicted molar refractivity (Wildman–Crippen MR) is 116 cm³/mol. The van der Waals surface area contributed by atoms with E-state index >= 15 is 0 Å². The van der Waals surface area contributed by atoms with Crippen molar-refractivity contribution in [3.8, 4) is 5.75 Å². The summed E-state index contributed by atoms with van der Waals surface area (Å²) in [5.41, 5.74) is 7.95. The van der Waals surface area contributed by atoms with Crippen molar-refractivity contribution in [3.05, 3.63) is 61.3 Å². The molecule has 0 bridgehead atoms. The van der Waals surface area contributed by atoms with Gasteiger partial charge in [-0.2, -0.15) is 0 Å². The molecule has 0 aliphatic heterocycles. The van der Waals surface area contributed by atoms with Crippen LogP contribution in [0, 0.1) is 50.8 Å². The van der Waals surface area contributed by atoms with Crippen molar-refractivity contribution in [2.24, 2.45) is 0 Å². The number of hydrogen-bond acceptors (Lipinski definition) is 6. The van der Waals surface area contributed by atoms with Crippen LogP contribution in [0.3, 0.4) is 0 Å². The van der Waals surface area contributed by atoms with Gasteiger partial charge >= 0.3 is 31.1 Å². The van der Waals surface area contributed by atoms with E-state index in [0.29, 0.717) is 48.2 Å². The molecule has 2 aromatic carbocycles. The number of ether oxygens (including phenoxy) is 1. The van der Waals surface area contributed by atoms with Crippen LogP contribution in [0.2, 0.25) is 5.02 Å². The van der Waals surface area contributed by atoms with Gasteiger partial charge in [-0.15, -0.1) is 13.1 Å². The topological polar surface area (TPSA) is 76.3 Å². The number of benzene rings is 2. The molecule has 30 heavy (non-hydrogen) atoms. The molecule has 0 spiro atoms. The van der Waals surface area contributed by atoms with Crippen molar-refractivity contribution in [2.75, 3.05) is 37.3 Å². The van der Waals surface area contributed by atoms with E-state index in [2.05, 4.69) is 34.0 Å². The number of nitrogen functional groups attached to an aromatic ring is 1. The predicted octanol–water partition coefficient (Wildman–Crippen LogP) is 4.49. The molecule has 1 aromatic heterocycles. The Kier molecular flexibility index (Phi) is 9.63. The SMILES string of the molecule is [CH2-]CN(C[CH2-])CCCOc1cc2ncnc(Nc3ccc(F)c(Cl)c3)c2cc1N.[U+2]. The van der Waals surface area contributed by atoms with E-state index < -0.39 is 5.82 Å². The third kappa shape index (κ3) is 6.21. The Morgan fingerprint density at radius 2 is 1.93 bits per heavy atom. The zero-order chi connectivity index (χ0) is 20.8. The Balaban J connectivity index is 0.00000320. The largest absolute Gasteiger partial charge is 2.00 e. The number of anilines is 3. The number of rotatable bonds is 9. The fourth-order valence-corrected chi connectivity index (χ4v) is 3.02. The Labute approximate surface area is 204 Å². The molecule has 9 heteroatoms. The summed E-state index contributed by atoms with van der Waals surface area (Å²) < 4.78 is 19.2. The van der Waals surface area contributed by atoms with Crippen molar-refractivity contribution in [1.82, 2.24) is 14.9 Å². The zero-order valence-electron chi connectivity index (χ0n) is 16.5. The third-order valence-electron chi connectivity index (χ3n) is 4.46. The van der Waals surface area contributed by atoms with Crippen molar-refractivity contribution < 1.29 is 40.2 Å². The van der Waals surface area contributed by atoms with Crippen LogP contribution in [-0.2, 0) is 0 Å². The van der Waals surface area contributed by atoms with E-state index in [-0.39, 0.29) is 36.1 Å². The maximum absolute atomic E-state index is 13.4. The van der Waals surface area contributed by atoms with Gasteiger partial charge in [-0.3, -0.25) is 0 Å². The molecule has 6 nitrogen and oxygen atoms in total. The zero-order valence-corrected chi connectivity index (χ0v) is 21.4. The first-order chi connectivity index (χ1) is 14.0. The molecule has 0 atom stereocenters. The van der Waals surface area contributed by atoms with Crippen molar-refractivity contribution in [3.63, 3.8) is 0 Å². The molecule has 0 aliphatic carbocycles. The number of halogens is 2. The van der Waals surface area contributed by atoms with Gasteiger partial charge < -0.3 is 34.5 Å². The molecule has 0 radical (unpaired) electrons. The van der Waals surface area contributed by atoms with Gasteiger partial charge in [0.1, 0.15) is 23.7 Å². The number of hydrogen-bond donors (Lipinski definition) is 2. The first-order valence-electron chi connectivity index (χ1n) is 9.21. The van der Waals surface area contributed by atoms with Gasteiger partial charge in [-0.1, -0.05) is 11.6 Å². The van der Waals surface area contributed by atoms with Crippen LogP contribution in [0.15, 0.2) is 36.7 Å². The summed E-state index contributed by atoms with van der Waals surface area (Å²) in [6.07, 6.45) is 2.28. The van der Waals surface area contributed by atoms with Gasteiger partial charge in [-0.05, 0) is 37.2 Å². The van der Waals surface area contributed by atoms with Gasteiger partial charge in [0.05, 0.1) is 22.8 Å². The van der Waals surface area contributed by atoms with Gasteiger partial charge in [0.2, 0.25) is 0 Å². The smallest absolute Gasteiger partial charge is 0.491 e. The molecule has 0 fully saturated rings. The first-order valence-corrected chi connectivity index (χ1v) is 9.59. The molecular formula is C21H23ClFN5OU. The molecule has 3 aromatic rings. The van der Waals surface area contributed by atoms with Crippen molar-refractivity contribution >= 4 is 39.7 Å². The van der Waals surface area contributed by atoms with Crippen LogP contribution in [-0.4, -0.2) is 41.1 Å². The molecule has 0 aliphatic rings. The molecule has 3 rings (SSSR count). The third-order valence-corrected chi connectivity index (χ3v) is 4.75. The number of nitrogens with one attached hydrogen (secondary N) is 1. The number of nitrogens with zero attached hydrogens (tertiary/aromatic N) is 3. The Bertz CT molecular complexity index is 987. The second-order valence-electron chi connectivity index (χ2n) is 6.43. The Morgan fingerprint density at radius 3 is 2.63 bits per heavy atom. The second-order valence-corrected chi connectivity index (χ2v) is 6.83. The van der Waals surface area contributed by atoms with E-state index in [4.69, 9.17) is 22.1 Å². The van der Waals surface area contributed by atoms with Gasteiger partial charge in [0.15, 0.2) is 0 Å². The van der Waals surface area contributed by atoms with E-state index in [1.165, 1.54) is 18.5 Å². The van der Waals surface area contributed by atoms with E-state index in [1.54, 1.807) is 18.2 Å². The Morgan fingerprint density at radius 1 is 1.17 bits per heavy atom. The minimum Gasteiger partial charge on any atom is -0.491 e. The van der Waals surface area contributed by atoms with Crippen LogP contribution in [0.5, 0.6) is 5.75 Å².